The first-order valence-corrected chi connectivity index (χ1v) is 7.78. The van der Waals surface area contributed by atoms with Crippen molar-refractivity contribution in [2.75, 3.05) is 0 Å². The summed E-state index contributed by atoms with van der Waals surface area (Å²) in [4.78, 5) is 0. The molecule has 0 aliphatic carbocycles. The summed E-state index contributed by atoms with van der Waals surface area (Å²) >= 11 is 0. The Morgan fingerprint density at radius 3 is 1.15 bits per heavy atom. The van der Waals surface area contributed by atoms with Crippen molar-refractivity contribution in [2.24, 2.45) is 0 Å². The molecule has 0 spiro atoms. The van der Waals surface area contributed by atoms with Crippen molar-refractivity contribution in [3.63, 3.8) is 0 Å². The van der Waals surface area contributed by atoms with Gasteiger partial charge in [0.15, 0.2) is 0 Å². The van der Waals surface area contributed by atoms with E-state index in [1.54, 1.807) is 0 Å². The van der Waals surface area contributed by atoms with E-state index in [1.165, 1.54) is 35.1 Å². The van der Waals surface area contributed by atoms with Crippen LogP contribution in [0.1, 0.15) is 60.8 Å². The normalized spacial score (nSPS) is 14.0. The number of aryl methyl sites for hydroxylation is 2. The highest BCUT2D eigenvalue weighted by Gasteiger charge is 2.21. The average Bonchev–Trinajstić information content (AvgIpc) is 2.47. The van der Waals surface area contributed by atoms with Gasteiger partial charge in [0.1, 0.15) is 0 Å². The summed E-state index contributed by atoms with van der Waals surface area (Å²) in [6, 6.07) is 18.2. The second-order valence-electron chi connectivity index (χ2n) is 5.85. The quantitative estimate of drug-likeness (QED) is 0.623. The molecule has 0 saturated heterocycles. The average molecular weight is 266 g/mol. The van der Waals surface area contributed by atoms with Crippen LogP contribution in [0.4, 0.5) is 0 Å². The van der Waals surface area contributed by atoms with Gasteiger partial charge in [0.2, 0.25) is 0 Å². The molecule has 2 atom stereocenters. The molecular weight excluding hydrogens is 240 g/mol. The number of rotatable bonds is 5. The molecule has 20 heavy (non-hydrogen) atoms. The van der Waals surface area contributed by atoms with Gasteiger partial charge in [-0.15, -0.1) is 0 Å². The first-order valence-electron chi connectivity index (χ1n) is 7.78. The molecular formula is C20H26. The summed E-state index contributed by atoms with van der Waals surface area (Å²) in [5.41, 5.74) is 5.63. The van der Waals surface area contributed by atoms with Crippen LogP contribution in [0, 0.1) is 13.8 Å². The van der Waals surface area contributed by atoms with E-state index in [9.17, 15) is 0 Å². The minimum absolute atomic E-state index is 0.614. The van der Waals surface area contributed by atoms with Gasteiger partial charge >= 0.3 is 0 Å². The molecule has 0 saturated carbocycles. The summed E-state index contributed by atoms with van der Waals surface area (Å²) in [6.45, 7) is 8.92. The Labute approximate surface area is 123 Å². The van der Waals surface area contributed by atoms with E-state index in [-0.39, 0.29) is 0 Å². The van der Waals surface area contributed by atoms with Crippen molar-refractivity contribution in [3.8, 4) is 0 Å². The van der Waals surface area contributed by atoms with Crippen molar-refractivity contribution in [3.05, 3.63) is 70.8 Å². The molecule has 0 heteroatoms. The van der Waals surface area contributed by atoms with E-state index in [0.29, 0.717) is 11.8 Å². The van der Waals surface area contributed by atoms with Crippen molar-refractivity contribution < 1.29 is 0 Å². The van der Waals surface area contributed by atoms with Crippen LogP contribution >= 0.6 is 0 Å². The van der Waals surface area contributed by atoms with Gasteiger partial charge in [0.05, 0.1) is 0 Å². The fourth-order valence-electron chi connectivity index (χ4n) is 3.13. The smallest absolute Gasteiger partial charge is 0.00958 e. The summed E-state index contributed by atoms with van der Waals surface area (Å²) in [7, 11) is 0. The zero-order chi connectivity index (χ0) is 14.5. The van der Waals surface area contributed by atoms with Crippen LogP contribution in [-0.2, 0) is 0 Å². The molecule has 2 aromatic carbocycles. The van der Waals surface area contributed by atoms with E-state index < -0.39 is 0 Å². The van der Waals surface area contributed by atoms with Crippen LogP contribution < -0.4 is 0 Å². The number of hydrogen-bond acceptors (Lipinski definition) is 0. The van der Waals surface area contributed by atoms with E-state index in [2.05, 4.69) is 76.2 Å². The molecule has 0 radical (unpaired) electrons. The Hall–Kier alpha value is -1.56. The maximum Gasteiger partial charge on any atom is -0.00958 e. The van der Waals surface area contributed by atoms with Gasteiger partial charge < -0.3 is 0 Å². The van der Waals surface area contributed by atoms with Crippen molar-refractivity contribution in [1.29, 1.82) is 0 Å². The van der Waals surface area contributed by atoms with Gasteiger partial charge in [-0.2, -0.15) is 0 Å². The van der Waals surface area contributed by atoms with Crippen molar-refractivity contribution in [2.45, 2.75) is 52.4 Å². The molecule has 0 heterocycles. The topological polar surface area (TPSA) is 0 Å². The lowest BCUT2D eigenvalue weighted by molar-refractivity contribution is 0.510. The molecule has 0 aliphatic rings. The van der Waals surface area contributed by atoms with Crippen LogP contribution in [0.5, 0.6) is 0 Å². The van der Waals surface area contributed by atoms with Crippen LogP contribution in [0.2, 0.25) is 0 Å². The third-order valence-corrected chi connectivity index (χ3v) is 4.38. The highest BCUT2D eigenvalue weighted by molar-refractivity contribution is 5.31. The molecule has 106 valence electrons. The highest BCUT2D eigenvalue weighted by Crippen LogP contribution is 2.37. The first-order chi connectivity index (χ1) is 9.65. The van der Waals surface area contributed by atoms with Gasteiger partial charge in [-0.3, -0.25) is 0 Å². The molecule has 0 N–H and O–H groups in total. The highest BCUT2D eigenvalue weighted by atomic mass is 14.3. The number of benzene rings is 2. The van der Waals surface area contributed by atoms with Crippen molar-refractivity contribution >= 4 is 0 Å². The molecule has 0 aliphatic heterocycles. The summed E-state index contributed by atoms with van der Waals surface area (Å²) < 4.78 is 0. The van der Waals surface area contributed by atoms with Gasteiger partial charge in [-0.25, -0.2) is 0 Å². The van der Waals surface area contributed by atoms with E-state index in [4.69, 9.17) is 0 Å². The van der Waals surface area contributed by atoms with Gasteiger partial charge in [0.25, 0.3) is 0 Å². The maximum absolute atomic E-state index is 2.31. The fourth-order valence-corrected chi connectivity index (χ4v) is 3.13. The van der Waals surface area contributed by atoms with Crippen LogP contribution in [0.15, 0.2) is 48.5 Å². The Bertz CT molecular complexity index is 467. The lowest BCUT2D eigenvalue weighted by atomic mass is 9.78. The molecule has 1 unspecified atom stereocenters. The van der Waals surface area contributed by atoms with E-state index in [0.717, 1.165) is 0 Å². The maximum atomic E-state index is 2.31. The first kappa shape index (κ1) is 14.8. The molecule has 0 amide bonds. The summed E-state index contributed by atoms with van der Waals surface area (Å²) in [5, 5.41) is 0. The van der Waals surface area contributed by atoms with Gasteiger partial charge in [-0.05, 0) is 49.7 Å². The summed E-state index contributed by atoms with van der Waals surface area (Å²) in [5.74, 6) is 1.23. The molecule has 0 bridgehead atoms. The summed E-state index contributed by atoms with van der Waals surface area (Å²) in [6.07, 6.45) is 2.38. The lowest BCUT2D eigenvalue weighted by Crippen LogP contribution is -2.10. The molecule has 2 rings (SSSR count). The Kier molecular flexibility index (Phi) is 5.00. The SMILES string of the molecule is CCC(c1ccc(C)cc1)[C@@H](CC)c1ccc(C)cc1. The Balaban J connectivity index is 2.32. The van der Waals surface area contributed by atoms with Crippen molar-refractivity contribution in [1.82, 2.24) is 0 Å². The van der Waals surface area contributed by atoms with Crippen LogP contribution in [-0.4, -0.2) is 0 Å². The van der Waals surface area contributed by atoms with Crippen LogP contribution in [0.25, 0.3) is 0 Å². The Morgan fingerprint density at radius 2 is 0.900 bits per heavy atom. The standard InChI is InChI=1S/C20H26/c1-5-19(17-11-7-15(3)8-12-17)20(6-2)18-13-9-16(4)10-14-18/h7-14,19-20H,5-6H2,1-4H3/t19-,20?/m0/s1. The Morgan fingerprint density at radius 1 is 0.600 bits per heavy atom. The fraction of sp³-hybridized carbons (Fsp3) is 0.400. The molecule has 0 fully saturated rings. The molecule has 2 aromatic rings. The molecule has 0 aromatic heterocycles. The van der Waals surface area contributed by atoms with Crippen LogP contribution in [0.3, 0.4) is 0 Å². The zero-order valence-corrected chi connectivity index (χ0v) is 13.2. The van der Waals surface area contributed by atoms with E-state index in [1.807, 2.05) is 0 Å². The largest absolute Gasteiger partial charge is 0.0648 e. The van der Waals surface area contributed by atoms with Gasteiger partial charge in [-0.1, -0.05) is 73.5 Å². The lowest BCUT2D eigenvalue weighted by Gasteiger charge is -2.26. The third kappa shape index (κ3) is 3.30. The minimum atomic E-state index is 0.614. The second kappa shape index (κ2) is 6.74. The third-order valence-electron chi connectivity index (χ3n) is 4.38. The predicted molar refractivity (Wildman–Crippen MR) is 88.4 cm³/mol. The zero-order valence-electron chi connectivity index (χ0n) is 13.2. The predicted octanol–water partition coefficient (Wildman–Crippen LogP) is 5.99. The minimum Gasteiger partial charge on any atom is -0.0648 e. The molecule has 0 nitrogen and oxygen atoms in total. The number of hydrogen-bond donors (Lipinski definition) is 0. The second-order valence-corrected chi connectivity index (χ2v) is 5.85. The van der Waals surface area contributed by atoms with Gasteiger partial charge in [0, 0.05) is 0 Å². The van der Waals surface area contributed by atoms with E-state index >= 15 is 0 Å². The monoisotopic (exact) mass is 266 g/mol.